The number of methoxy groups -OCH3 is 2. The fourth-order valence-electron chi connectivity index (χ4n) is 6.94. The van der Waals surface area contributed by atoms with Gasteiger partial charge in [-0.2, -0.15) is 10.2 Å². The van der Waals surface area contributed by atoms with Crippen molar-refractivity contribution >= 4 is 114 Å². The molecule has 2 atom stereocenters. The monoisotopic (exact) mass is 1070 g/mol. The number of thiocarbonyl (C=S) groups is 2. The molecule has 2 aromatic rings. The van der Waals surface area contributed by atoms with E-state index in [0.717, 1.165) is 39.7 Å². The number of hydrogen-bond acceptors (Lipinski definition) is 21. The molecule has 2 aliphatic carbocycles. The van der Waals surface area contributed by atoms with Crippen LogP contribution in [0, 0.1) is 11.6 Å². The Labute approximate surface area is 456 Å². The summed E-state index contributed by atoms with van der Waals surface area (Å²) in [4.78, 5) is 77.4. The summed E-state index contributed by atoms with van der Waals surface area (Å²) in [7, 11) is 7.36. The van der Waals surface area contributed by atoms with E-state index in [1.54, 1.807) is 41.8 Å². The summed E-state index contributed by atoms with van der Waals surface area (Å²) in [5, 5.41) is 11.4. The molecule has 3 radical (unpaired) electrons. The summed E-state index contributed by atoms with van der Waals surface area (Å²) in [5.74, 6) is -2.11. The number of hydrazone groups is 2. The summed E-state index contributed by atoms with van der Waals surface area (Å²) < 4.78 is 53.5. The van der Waals surface area contributed by atoms with Crippen molar-refractivity contribution in [1.82, 2.24) is 10.4 Å². The minimum absolute atomic E-state index is 0. The van der Waals surface area contributed by atoms with Crippen molar-refractivity contribution in [3.8, 4) is 0 Å². The minimum Gasteiger partial charge on any atom is -0.793 e. The van der Waals surface area contributed by atoms with Gasteiger partial charge in [0, 0.05) is 65.6 Å². The number of benzene rings is 2. The van der Waals surface area contributed by atoms with Crippen LogP contribution in [0.2, 0.25) is 0 Å². The minimum atomic E-state index is -0.639. The van der Waals surface area contributed by atoms with Gasteiger partial charge in [0.05, 0.1) is 63.1 Å². The third-order valence-electron chi connectivity index (χ3n) is 11.2. The molecule has 4 aliphatic heterocycles. The summed E-state index contributed by atoms with van der Waals surface area (Å²) in [6, 6.07) is 10.0. The van der Waals surface area contributed by atoms with E-state index < -0.39 is 35.9 Å². The van der Waals surface area contributed by atoms with Crippen molar-refractivity contribution in [2.45, 2.75) is 103 Å². The molecule has 2 saturated carbocycles. The van der Waals surface area contributed by atoms with Gasteiger partial charge in [-0.15, -0.1) is 0 Å². The van der Waals surface area contributed by atoms with Crippen LogP contribution in [-0.4, -0.2) is 143 Å². The van der Waals surface area contributed by atoms with Crippen molar-refractivity contribution in [2.24, 2.45) is 10.2 Å². The summed E-state index contributed by atoms with van der Waals surface area (Å²) in [6.07, 6.45) is 10.4. The first-order chi connectivity index (χ1) is 34.4. The van der Waals surface area contributed by atoms with Gasteiger partial charge >= 0.3 is 53.7 Å². The molecule has 8 rings (SSSR count). The van der Waals surface area contributed by atoms with Gasteiger partial charge in [-0.25, -0.2) is 37.7 Å². The molecular weight excluding hydrogens is 1010 g/mol. The van der Waals surface area contributed by atoms with Crippen molar-refractivity contribution in [1.29, 1.82) is 0 Å². The Hall–Kier alpha value is -5.70. The van der Waals surface area contributed by atoms with E-state index in [9.17, 15) is 37.5 Å². The van der Waals surface area contributed by atoms with Crippen LogP contribution in [-0.2, 0) is 52.6 Å². The molecule has 2 saturated heterocycles. The molecule has 6 aliphatic rings. The fourth-order valence-corrected chi connectivity index (χ4v) is 7.18. The molecule has 0 spiro atoms. The summed E-state index contributed by atoms with van der Waals surface area (Å²) >= 11 is 10.0. The van der Waals surface area contributed by atoms with Crippen LogP contribution in [0.5, 0.6) is 0 Å². The van der Waals surface area contributed by atoms with Crippen molar-refractivity contribution in [3.63, 3.8) is 0 Å². The first kappa shape index (κ1) is 61.6. The van der Waals surface area contributed by atoms with E-state index in [0.29, 0.717) is 103 Å². The standard InChI is InChI=1S/C20H25FN4O3S.C16H19FN4O3S.C4H6O4.C4H6O.C2H3BO2.Na/c1-27-19(29)8-6-16-12-24(20(26)28-16)15-5-7-18(17(21)11-15)23-9-10-25(22-13-23)14-3-2-4-14;1-23-15(25)5-3-12-9-21(16(22)24-12)11-2-4-14(13(17)8-11)20-7-6-18-19-10-20;1-3(5)7-8-4(2)6;5-4-2-1-3-4;1-2(4)5-3;/h5,7,11,13-14,16H,2-4,6,8-10,12H2,1H3;2,4,8,10,12,18H,3,5-7,9H2,1H3;1-2H3;1-3H2;1H3;/q;;;;-1;+1/t16-;12-;;;;/m00..../s1. The maximum Gasteiger partial charge on any atom is 1.00 e. The molecule has 391 valence electrons. The first-order valence-corrected chi connectivity index (χ1v) is 23.8. The van der Waals surface area contributed by atoms with Gasteiger partial charge in [0.15, 0.2) is 10.1 Å². The van der Waals surface area contributed by atoms with Crippen LogP contribution in [0.3, 0.4) is 0 Å². The molecular formula is C46H59BF2N8NaO13S2. The van der Waals surface area contributed by atoms with Gasteiger partial charge in [0.1, 0.15) is 42.3 Å². The third-order valence-corrected chi connectivity index (χ3v) is 11.9. The Kier molecular flexibility index (Phi) is 26.8. The van der Waals surface area contributed by atoms with E-state index in [1.807, 2.05) is 4.90 Å². The number of carbonyl (C=O) groups is 6. The zero-order valence-electron chi connectivity index (χ0n) is 41.8. The molecule has 0 aromatic heterocycles. The topological polar surface area (TPSA) is 220 Å². The largest absolute Gasteiger partial charge is 1.00 e. The maximum absolute atomic E-state index is 14.8. The number of hydrogen-bond donors (Lipinski definition) is 1. The van der Waals surface area contributed by atoms with Gasteiger partial charge in [0.2, 0.25) is 5.97 Å². The van der Waals surface area contributed by atoms with Crippen molar-refractivity contribution in [2.75, 3.05) is 73.1 Å². The Morgan fingerprint density at radius 1 is 0.740 bits per heavy atom. The molecule has 73 heavy (non-hydrogen) atoms. The Morgan fingerprint density at radius 3 is 1.52 bits per heavy atom. The molecule has 4 heterocycles. The van der Waals surface area contributed by atoms with Gasteiger partial charge in [-0.05, 0) is 99.4 Å². The normalized spacial score (nSPS) is 18.2. The van der Waals surface area contributed by atoms with Crippen LogP contribution in [0.15, 0.2) is 46.6 Å². The van der Waals surface area contributed by atoms with Crippen LogP contribution in [0.4, 0.5) is 41.1 Å². The van der Waals surface area contributed by atoms with Crippen LogP contribution < -0.4 is 54.6 Å². The quantitative estimate of drug-likeness (QED) is 0.148. The predicted molar refractivity (Wildman–Crippen MR) is 270 cm³/mol. The number of nitrogens with one attached hydrogen (secondary N) is 1. The second kappa shape index (κ2) is 31.8. The van der Waals surface area contributed by atoms with E-state index >= 15 is 0 Å². The number of nitrogens with zero attached hydrogens (tertiary/aromatic N) is 7. The van der Waals surface area contributed by atoms with Crippen LogP contribution in [0.1, 0.15) is 85.0 Å². The Morgan fingerprint density at radius 2 is 1.21 bits per heavy atom. The number of ketones is 1. The number of halogens is 2. The SMILES string of the molecule is CC(=O)OOC(C)=O.COC(=S)CC[C@H]1CN(c2ccc(N3C=NN(C4CCC4)CC3)c(F)c2)C(=O)O1.COC(=S)CC[C@H]1CN(c2ccc(N3C=NNCC3)c(F)c2)C(=O)O1.O=C1CCC1.[B-]OC(C)=O.[Na+]. The summed E-state index contributed by atoms with van der Waals surface area (Å²) in [6.45, 7) is 6.97. The predicted octanol–water partition coefficient (Wildman–Crippen LogP) is 3.18. The molecule has 1 N–H and O–H groups in total. The number of carbonyl (C=O) groups excluding carboxylic acids is 6. The molecule has 0 unspecified atom stereocenters. The zero-order valence-corrected chi connectivity index (χ0v) is 45.4. The van der Waals surface area contributed by atoms with Gasteiger partial charge in [-0.1, -0.05) is 0 Å². The molecule has 21 nitrogen and oxygen atoms in total. The molecule has 0 bridgehead atoms. The summed E-state index contributed by atoms with van der Waals surface area (Å²) in [5.41, 5.74) is 4.64. The molecule has 4 fully saturated rings. The smallest absolute Gasteiger partial charge is 0.793 e. The number of anilines is 4. The van der Waals surface area contributed by atoms with Gasteiger partial charge in [0.25, 0.3) is 0 Å². The fraction of sp³-hybridized carbons (Fsp3) is 0.522. The average molecular weight is 1070 g/mol. The maximum atomic E-state index is 14.8. The zero-order chi connectivity index (χ0) is 52.7. The third kappa shape index (κ3) is 20.6. The van der Waals surface area contributed by atoms with E-state index in [4.69, 9.17) is 43.4 Å². The molecule has 2 amide bonds. The van der Waals surface area contributed by atoms with Crippen LogP contribution >= 0.6 is 24.4 Å². The number of ether oxygens (including phenoxy) is 4. The second-order valence-corrected chi connectivity index (χ2v) is 17.3. The van der Waals surface area contributed by atoms with Crippen LogP contribution in [0.25, 0.3) is 0 Å². The van der Waals surface area contributed by atoms with Crippen molar-refractivity contribution in [3.05, 3.63) is 48.0 Å². The Bertz CT molecular complexity index is 2280. The first-order valence-electron chi connectivity index (χ1n) is 23.0. The average Bonchev–Trinajstić information content (AvgIpc) is 3.92. The number of amides is 2. The van der Waals surface area contributed by atoms with E-state index in [1.165, 1.54) is 62.3 Å². The Balaban J connectivity index is 0.000000287. The number of cyclic esters (lactones) is 2. The second-order valence-electron chi connectivity index (χ2n) is 16.4. The molecule has 2 aromatic carbocycles. The van der Waals surface area contributed by atoms with Gasteiger partial charge in [-0.3, -0.25) is 24.4 Å². The number of Topliss-reactive ketones (excluding diaryl/α,β-unsaturated/α-hetero) is 1. The van der Waals surface area contributed by atoms with Gasteiger partial charge < -0.3 is 46.9 Å². The van der Waals surface area contributed by atoms with E-state index in [-0.39, 0.29) is 47.6 Å². The number of rotatable bonds is 11. The van der Waals surface area contributed by atoms with Crippen molar-refractivity contribution < 1.29 is 100 Å². The molecule has 27 heteroatoms. The van der Waals surface area contributed by atoms with E-state index in [2.05, 4.69) is 43.1 Å².